The van der Waals surface area contributed by atoms with Gasteiger partial charge in [-0.3, -0.25) is 9.69 Å². The zero-order chi connectivity index (χ0) is 18.6. The van der Waals surface area contributed by atoms with Crippen LogP contribution in [0.1, 0.15) is 12.0 Å². The standard InChI is InChI=1S/C17H21N3O4S2/c18-17(21)11-24-15-1-3-16(4-2-15)26(22,23)19-14-5-7-20(10-14)9-13-6-8-25-12-13/h1-4,6,8,12,14,19H,5,7,9-11H2,(H2,18,21)/t14-/m0/s1. The van der Waals surface area contributed by atoms with Crippen LogP contribution in [-0.2, 0) is 21.4 Å². The van der Waals surface area contributed by atoms with Crippen molar-refractivity contribution in [2.45, 2.75) is 23.9 Å². The summed E-state index contributed by atoms with van der Waals surface area (Å²) in [6.07, 6.45) is 0.781. The molecule has 0 saturated carbocycles. The van der Waals surface area contributed by atoms with Gasteiger partial charge in [-0.2, -0.15) is 11.3 Å². The Labute approximate surface area is 156 Å². The zero-order valence-corrected chi connectivity index (χ0v) is 15.8. The van der Waals surface area contributed by atoms with Crippen molar-refractivity contribution in [3.8, 4) is 5.75 Å². The van der Waals surface area contributed by atoms with Crippen LogP contribution in [0.15, 0.2) is 46.0 Å². The summed E-state index contributed by atoms with van der Waals surface area (Å²) >= 11 is 1.66. The van der Waals surface area contributed by atoms with Crippen molar-refractivity contribution in [2.24, 2.45) is 5.73 Å². The monoisotopic (exact) mass is 395 g/mol. The van der Waals surface area contributed by atoms with Gasteiger partial charge >= 0.3 is 0 Å². The summed E-state index contributed by atoms with van der Waals surface area (Å²) in [4.78, 5) is 13.1. The molecule has 1 saturated heterocycles. The molecule has 0 spiro atoms. The Morgan fingerprint density at radius 3 is 2.73 bits per heavy atom. The first-order valence-corrected chi connectivity index (χ1v) is 10.6. The minimum atomic E-state index is -3.60. The van der Waals surface area contributed by atoms with Crippen molar-refractivity contribution < 1.29 is 17.9 Å². The molecule has 1 atom stereocenters. The summed E-state index contributed by atoms with van der Waals surface area (Å²) in [5.74, 6) is -0.192. The molecular formula is C17H21N3O4S2. The molecule has 0 aliphatic carbocycles. The van der Waals surface area contributed by atoms with Crippen molar-refractivity contribution in [1.82, 2.24) is 9.62 Å². The van der Waals surface area contributed by atoms with Gasteiger partial charge in [0, 0.05) is 25.7 Å². The van der Waals surface area contributed by atoms with E-state index in [1.54, 1.807) is 11.3 Å². The van der Waals surface area contributed by atoms with Crippen LogP contribution in [0.5, 0.6) is 5.75 Å². The Hall–Kier alpha value is -1.94. The van der Waals surface area contributed by atoms with E-state index in [9.17, 15) is 13.2 Å². The number of nitrogens with two attached hydrogens (primary N) is 1. The van der Waals surface area contributed by atoms with Crippen LogP contribution < -0.4 is 15.2 Å². The first kappa shape index (κ1) is 18.8. The lowest BCUT2D eigenvalue weighted by molar-refractivity contribution is -0.119. The van der Waals surface area contributed by atoms with Gasteiger partial charge in [0.25, 0.3) is 5.91 Å². The smallest absolute Gasteiger partial charge is 0.255 e. The molecule has 1 aromatic carbocycles. The van der Waals surface area contributed by atoms with Crippen LogP contribution in [0.2, 0.25) is 0 Å². The average Bonchev–Trinajstić information content (AvgIpc) is 3.25. The summed E-state index contributed by atoms with van der Waals surface area (Å²) in [6, 6.07) is 7.91. The van der Waals surface area contributed by atoms with Gasteiger partial charge in [-0.1, -0.05) is 0 Å². The van der Waals surface area contributed by atoms with E-state index in [-0.39, 0.29) is 17.5 Å². The number of sulfonamides is 1. The fraction of sp³-hybridized carbons (Fsp3) is 0.353. The molecule has 3 N–H and O–H groups in total. The molecule has 2 aromatic rings. The molecule has 0 bridgehead atoms. The second-order valence-corrected chi connectivity index (χ2v) is 8.69. The number of rotatable bonds is 8. The fourth-order valence-electron chi connectivity index (χ4n) is 2.87. The largest absolute Gasteiger partial charge is 0.484 e. The number of hydrogen-bond acceptors (Lipinski definition) is 6. The number of nitrogens with one attached hydrogen (secondary N) is 1. The van der Waals surface area contributed by atoms with E-state index in [2.05, 4.69) is 21.1 Å². The third kappa shape index (κ3) is 5.04. The Balaban J connectivity index is 1.56. The summed E-state index contributed by atoms with van der Waals surface area (Å²) < 4.78 is 33.0. The van der Waals surface area contributed by atoms with E-state index in [0.29, 0.717) is 12.3 Å². The molecule has 1 aromatic heterocycles. The maximum Gasteiger partial charge on any atom is 0.255 e. The van der Waals surface area contributed by atoms with Gasteiger partial charge in [-0.05, 0) is 53.1 Å². The van der Waals surface area contributed by atoms with Gasteiger partial charge in [0.1, 0.15) is 5.75 Å². The molecule has 1 aliphatic rings. The number of hydrogen-bond donors (Lipinski definition) is 2. The van der Waals surface area contributed by atoms with E-state index in [4.69, 9.17) is 10.5 Å². The minimum Gasteiger partial charge on any atom is -0.484 e. The van der Waals surface area contributed by atoms with Crippen LogP contribution in [0.3, 0.4) is 0 Å². The van der Waals surface area contributed by atoms with Gasteiger partial charge in [0.05, 0.1) is 4.90 Å². The highest BCUT2D eigenvalue weighted by atomic mass is 32.2. The average molecular weight is 396 g/mol. The molecule has 140 valence electrons. The quantitative estimate of drug-likeness (QED) is 0.699. The molecule has 1 amide bonds. The van der Waals surface area contributed by atoms with Crippen LogP contribution in [0.25, 0.3) is 0 Å². The summed E-state index contributed by atoms with van der Waals surface area (Å²) in [7, 11) is -3.60. The number of amides is 1. The molecule has 9 heteroatoms. The zero-order valence-electron chi connectivity index (χ0n) is 14.1. The van der Waals surface area contributed by atoms with Crippen LogP contribution >= 0.6 is 11.3 Å². The Kier molecular flexibility index (Phi) is 5.92. The number of primary amides is 1. The topological polar surface area (TPSA) is 102 Å². The normalized spacial score (nSPS) is 18.1. The predicted octanol–water partition coefficient (Wildman–Crippen LogP) is 1.17. The summed E-state index contributed by atoms with van der Waals surface area (Å²) in [5, 5.41) is 4.15. The second kappa shape index (κ2) is 8.17. The molecule has 7 nitrogen and oxygen atoms in total. The second-order valence-electron chi connectivity index (χ2n) is 6.20. The van der Waals surface area contributed by atoms with Crippen molar-refractivity contribution >= 4 is 27.3 Å². The van der Waals surface area contributed by atoms with E-state index in [1.807, 2.05) is 5.38 Å². The Morgan fingerprint density at radius 1 is 1.31 bits per heavy atom. The SMILES string of the molecule is NC(=O)COc1ccc(S(=O)(=O)N[C@H]2CCN(Cc3ccsc3)C2)cc1. The lowest BCUT2D eigenvalue weighted by atomic mass is 10.3. The van der Waals surface area contributed by atoms with Gasteiger partial charge in [-0.15, -0.1) is 0 Å². The number of ether oxygens (including phenoxy) is 1. The van der Waals surface area contributed by atoms with Crippen molar-refractivity contribution in [1.29, 1.82) is 0 Å². The first-order valence-electron chi connectivity index (χ1n) is 8.19. The molecule has 2 heterocycles. The number of benzene rings is 1. The number of likely N-dealkylation sites (tertiary alicyclic amines) is 1. The Bertz CT molecular complexity index is 835. The van der Waals surface area contributed by atoms with Gasteiger partial charge in [0.15, 0.2) is 6.61 Å². The van der Waals surface area contributed by atoms with Gasteiger partial charge < -0.3 is 10.5 Å². The van der Waals surface area contributed by atoms with E-state index >= 15 is 0 Å². The molecular weight excluding hydrogens is 374 g/mol. The lowest BCUT2D eigenvalue weighted by Crippen LogP contribution is -2.36. The molecule has 0 unspecified atom stereocenters. The highest BCUT2D eigenvalue weighted by Gasteiger charge is 2.27. The van der Waals surface area contributed by atoms with Gasteiger partial charge in [0.2, 0.25) is 10.0 Å². The molecule has 0 radical (unpaired) electrons. The number of carbonyl (C=O) groups excluding carboxylic acids is 1. The van der Waals surface area contributed by atoms with Crippen molar-refractivity contribution in [3.63, 3.8) is 0 Å². The minimum absolute atomic E-state index is 0.107. The molecule has 1 fully saturated rings. The maximum atomic E-state index is 12.5. The van der Waals surface area contributed by atoms with Crippen LogP contribution in [0, 0.1) is 0 Å². The fourth-order valence-corrected chi connectivity index (χ4v) is 4.79. The maximum absolute atomic E-state index is 12.5. The third-order valence-corrected chi connectivity index (χ3v) is 6.36. The van der Waals surface area contributed by atoms with Crippen LogP contribution in [0.4, 0.5) is 0 Å². The molecule has 26 heavy (non-hydrogen) atoms. The van der Waals surface area contributed by atoms with Crippen molar-refractivity contribution in [3.05, 3.63) is 46.7 Å². The molecule has 1 aliphatic heterocycles. The number of carbonyl (C=O) groups is 1. The predicted molar refractivity (Wildman–Crippen MR) is 99.5 cm³/mol. The van der Waals surface area contributed by atoms with Gasteiger partial charge in [-0.25, -0.2) is 13.1 Å². The number of nitrogens with zero attached hydrogens (tertiary/aromatic N) is 1. The first-order chi connectivity index (χ1) is 12.4. The van der Waals surface area contributed by atoms with E-state index in [0.717, 1.165) is 19.5 Å². The van der Waals surface area contributed by atoms with E-state index in [1.165, 1.54) is 29.8 Å². The highest BCUT2D eigenvalue weighted by Crippen LogP contribution is 2.19. The summed E-state index contributed by atoms with van der Waals surface area (Å²) in [5.41, 5.74) is 6.27. The number of thiophene rings is 1. The summed E-state index contributed by atoms with van der Waals surface area (Å²) in [6.45, 7) is 2.15. The molecule has 3 rings (SSSR count). The lowest BCUT2D eigenvalue weighted by Gasteiger charge is -2.16. The Morgan fingerprint density at radius 2 is 2.08 bits per heavy atom. The van der Waals surface area contributed by atoms with E-state index < -0.39 is 15.9 Å². The van der Waals surface area contributed by atoms with Crippen LogP contribution in [-0.4, -0.2) is 45.0 Å². The third-order valence-electron chi connectivity index (χ3n) is 4.10. The highest BCUT2D eigenvalue weighted by molar-refractivity contribution is 7.89. The van der Waals surface area contributed by atoms with Crippen molar-refractivity contribution in [2.75, 3.05) is 19.7 Å².